The molecule has 0 aliphatic heterocycles. The Morgan fingerprint density at radius 3 is 2.87 bits per heavy atom. The van der Waals surface area contributed by atoms with Gasteiger partial charge in [-0.25, -0.2) is 0 Å². The summed E-state index contributed by atoms with van der Waals surface area (Å²) in [4.78, 5) is 25.9. The van der Waals surface area contributed by atoms with Gasteiger partial charge in [-0.1, -0.05) is 36.8 Å². The monoisotopic (exact) mass is 308 g/mol. The molecule has 0 fully saturated rings. The fraction of sp³-hybridized carbons (Fsp3) is 0.263. The van der Waals surface area contributed by atoms with E-state index in [2.05, 4.69) is 11.4 Å². The summed E-state index contributed by atoms with van der Waals surface area (Å²) in [6, 6.07) is 9.74. The summed E-state index contributed by atoms with van der Waals surface area (Å²) in [6.45, 7) is 0.567. The molecule has 1 amide bonds. The second-order valence-corrected chi connectivity index (χ2v) is 5.43. The first-order chi connectivity index (χ1) is 11.1. The Bertz CT molecular complexity index is 696. The van der Waals surface area contributed by atoms with Crippen LogP contribution in [0.15, 0.2) is 48.1 Å². The Labute approximate surface area is 136 Å². The molecule has 0 heterocycles. The van der Waals surface area contributed by atoms with Gasteiger partial charge in [0.05, 0.1) is 13.1 Å². The molecule has 2 rings (SSSR count). The lowest BCUT2D eigenvalue weighted by atomic mass is 10.0. The number of hydrogen-bond acceptors (Lipinski definition) is 3. The molecule has 0 saturated heterocycles. The van der Waals surface area contributed by atoms with Gasteiger partial charge < -0.3 is 10.2 Å². The topological polar surface area (TPSA) is 49.4 Å². The van der Waals surface area contributed by atoms with Gasteiger partial charge in [-0.3, -0.25) is 9.59 Å². The molecule has 0 spiro atoms. The fourth-order valence-electron chi connectivity index (χ4n) is 2.32. The van der Waals surface area contributed by atoms with Gasteiger partial charge >= 0.3 is 0 Å². The van der Waals surface area contributed by atoms with Gasteiger partial charge in [0.15, 0.2) is 5.78 Å². The van der Waals surface area contributed by atoms with Crippen LogP contribution in [0.5, 0.6) is 0 Å². The van der Waals surface area contributed by atoms with Gasteiger partial charge in [0.2, 0.25) is 0 Å². The van der Waals surface area contributed by atoms with Crippen molar-refractivity contribution in [2.45, 2.75) is 19.4 Å². The molecule has 4 heteroatoms. The van der Waals surface area contributed by atoms with E-state index in [4.69, 9.17) is 6.42 Å². The zero-order valence-electron chi connectivity index (χ0n) is 13.2. The molecule has 1 N–H and O–H groups in total. The number of ketones is 1. The van der Waals surface area contributed by atoms with Crippen molar-refractivity contribution in [2.24, 2.45) is 0 Å². The van der Waals surface area contributed by atoms with Crippen LogP contribution in [0, 0.1) is 12.5 Å². The number of hydrogen-bond donors (Lipinski definition) is 1. The molecule has 4 nitrogen and oxygen atoms in total. The molecule has 0 unspecified atom stereocenters. The molecule has 1 aliphatic carbocycles. The predicted octanol–water partition coefficient (Wildman–Crippen LogP) is 2.28. The van der Waals surface area contributed by atoms with Gasteiger partial charge in [-0.2, -0.15) is 0 Å². The highest BCUT2D eigenvalue weighted by Crippen LogP contribution is 2.11. The summed E-state index contributed by atoms with van der Waals surface area (Å²) in [6.07, 6.45) is 12.8. The van der Waals surface area contributed by atoms with Crippen LogP contribution in [0.3, 0.4) is 0 Å². The summed E-state index contributed by atoms with van der Waals surface area (Å²) in [5.41, 5.74) is 2.14. The van der Waals surface area contributed by atoms with Crippen LogP contribution in [-0.2, 0) is 11.3 Å². The van der Waals surface area contributed by atoms with Crippen LogP contribution in [0.4, 0.5) is 0 Å². The lowest BCUT2D eigenvalue weighted by Crippen LogP contribution is -2.30. The Hall–Kier alpha value is -2.80. The average Bonchev–Trinajstić information content (AvgIpc) is 2.60. The maximum Gasteiger partial charge on any atom is 0.251 e. The van der Waals surface area contributed by atoms with Crippen molar-refractivity contribution in [3.05, 3.63) is 59.2 Å². The molecule has 0 bridgehead atoms. The Morgan fingerprint density at radius 1 is 1.35 bits per heavy atom. The highest BCUT2D eigenvalue weighted by molar-refractivity contribution is 6.03. The van der Waals surface area contributed by atoms with Crippen molar-refractivity contribution < 1.29 is 9.59 Å². The molecular formula is C19H20N2O2. The number of terminal acetylenes is 1. The molecule has 0 atom stereocenters. The van der Waals surface area contributed by atoms with Crippen molar-refractivity contribution in [3.8, 4) is 12.5 Å². The van der Waals surface area contributed by atoms with Crippen LogP contribution in [-0.4, -0.2) is 30.2 Å². The van der Waals surface area contributed by atoms with E-state index in [0.717, 1.165) is 18.4 Å². The number of nitrogens with one attached hydrogen (secondary N) is 1. The summed E-state index contributed by atoms with van der Waals surface area (Å²) in [5.74, 6) is -0.332. The van der Waals surface area contributed by atoms with Crippen LogP contribution in [0.1, 0.15) is 28.8 Å². The number of Topliss-reactive ketones (excluding diaryl/α,β-unsaturated/α-hetero) is 1. The first-order valence-electron chi connectivity index (χ1n) is 7.54. The van der Waals surface area contributed by atoms with Crippen molar-refractivity contribution >= 4 is 11.7 Å². The van der Waals surface area contributed by atoms with Gasteiger partial charge in [0.25, 0.3) is 5.91 Å². The first-order valence-corrected chi connectivity index (χ1v) is 7.54. The van der Waals surface area contributed by atoms with Gasteiger partial charge in [-0.15, -0.1) is 0 Å². The largest absolute Gasteiger partial charge is 0.345 e. The number of nitrogens with zero attached hydrogens (tertiary/aromatic N) is 1. The molecule has 118 valence electrons. The summed E-state index contributed by atoms with van der Waals surface area (Å²) in [7, 11) is 1.80. The van der Waals surface area contributed by atoms with E-state index in [-0.39, 0.29) is 18.2 Å². The molecule has 0 aromatic heterocycles. The highest BCUT2D eigenvalue weighted by Gasteiger charge is 2.12. The SMILES string of the molecule is C#CN(C)Cc1cccc(C(=O)NCC(=O)C2=CCCC=C2)c1. The number of carbonyl (C=O) groups is 2. The minimum Gasteiger partial charge on any atom is -0.345 e. The fourth-order valence-corrected chi connectivity index (χ4v) is 2.32. The molecular weight excluding hydrogens is 288 g/mol. The van der Waals surface area contributed by atoms with Crippen molar-refractivity contribution in [1.82, 2.24) is 10.2 Å². The van der Waals surface area contributed by atoms with E-state index in [9.17, 15) is 9.59 Å². The normalized spacial score (nSPS) is 13.0. The minimum absolute atomic E-state index is 0.00346. The van der Waals surface area contributed by atoms with E-state index in [0.29, 0.717) is 17.7 Å². The van der Waals surface area contributed by atoms with Gasteiger partial charge in [0, 0.05) is 24.2 Å². The molecule has 1 aromatic rings. The molecule has 1 aliphatic rings. The summed E-state index contributed by atoms with van der Waals surface area (Å²) < 4.78 is 0. The van der Waals surface area contributed by atoms with Gasteiger partial charge in [-0.05, 0) is 30.5 Å². The quantitative estimate of drug-likeness (QED) is 0.648. The molecule has 0 saturated carbocycles. The number of benzene rings is 1. The number of carbonyl (C=O) groups excluding carboxylic acids is 2. The minimum atomic E-state index is -0.260. The second kappa shape index (κ2) is 8.00. The van der Waals surface area contributed by atoms with E-state index < -0.39 is 0 Å². The van der Waals surface area contributed by atoms with E-state index in [1.54, 1.807) is 24.1 Å². The van der Waals surface area contributed by atoms with Crippen LogP contribution in [0.2, 0.25) is 0 Å². The van der Waals surface area contributed by atoms with E-state index >= 15 is 0 Å². The van der Waals surface area contributed by atoms with E-state index in [1.165, 1.54) is 0 Å². The maximum atomic E-state index is 12.2. The number of amides is 1. The number of allylic oxidation sites excluding steroid dienone is 3. The Morgan fingerprint density at radius 2 is 2.17 bits per heavy atom. The standard InChI is InChI=1S/C19H20N2O2/c1-3-21(2)14-15-8-7-11-17(12-15)19(23)20-13-18(22)16-9-5-4-6-10-16/h1,5,7-12H,4,6,13-14H2,2H3,(H,20,23). The summed E-state index contributed by atoms with van der Waals surface area (Å²) in [5, 5.41) is 2.67. The Kier molecular flexibility index (Phi) is 5.76. The average molecular weight is 308 g/mol. The van der Waals surface area contributed by atoms with Crippen molar-refractivity contribution in [3.63, 3.8) is 0 Å². The molecule has 1 aromatic carbocycles. The van der Waals surface area contributed by atoms with Crippen LogP contribution < -0.4 is 5.32 Å². The molecule has 23 heavy (non-hydrogen) atoms. The van der Waals surface area contributed by atoms with E-state index in [1.807, 2.05) is 30.4 Å². The van der Waals surface area contributed by atoms with Crippen molar-refractivity contribution in [1.29, 1.82) is 0 Å². The zero-order valence-corrected chi connectivity index (χ0v) is 13.2. The third kappa shape index (κ3) is 4.86. The molecule has 0 radical (unpaired) electrons. The lowest BCUT2D eigenvalue weighted by Gasteiger charge is -2.12. The summed E-state index contributed by atoms with van der Waals surface area (Å²) >= 11 is 0. The maximum absolute atomic E-state index is 12.2. The second-order valence-electron chi connectivity index (χ2n) is 5.43. The van der Waals surface area contributed by atoms with Crippen LogP contribution in [0.25, 0.3) is 0 Å². The highest BCUT2D eigenvalue weighted by atomic mass is 16.2. The third-order valence-corrected chi connectivity index (χ3v) is 3.56. The predicted molar refractivity (Wildman–Crippen MR) is 90.5 cm³/mol. The Balaban J connectivity index is 1.94. The van der Waals surface area contributed by atoms with Crippen LogP contribution >= 0.6 is 0 Å². The third-order valence-electron chi connectivity index (χ3n) is 3.56. The van der Waals surface area contributed by atoms with Crippen molar-refractivity contribution in [2.75, 3.05) is 13.6 Å². The van der Waals surface area contributed by atoms with Gasteiger partial charge in [0.1, 0.15) is 0 Å². The lowest BCUT2D eigenvalue weighted by molar-refractivity contribution is -0.114. The first kappa shape index (κ1) is 16.6. The smallest absolute Gasteiger partial charge is 0.251 e. The zero-order chi connectivity index (χ0) is 16.7. The number of rotatable bonds is 6.